The number of para-hydroxylation sites is 1. The Morgan fingerprint density at radius 1 is 1.16 bits per heavy atom. The Kier molecular flexibility index (Phi) is 9.89. The summed E-state index contributed by atoms with van der Waals surface area (Å²) in [5.74, 6) is -0.784. The van der Waals surface area contributed by atoms with Gasteiger partial charge in [-0.25, -0.2) is 9.59 Å². The average molecular weight is 448 g/mol. The number of aliphatic hydroxyl groups excluding tert-OH is 1. The number of carbonyl (C=O) groups is 2. The summed E-state index contributed by atoms with van der Waals surface area (Å²) in [5.41, 5.74) is 1.01. The molecule has 0 radical (unpaired) electrons. The summed E-state index contributed by atoms with van der Waals surface area (Å²) in [7, 11) is 1.38. The van der Waals surface area contributed by atoms with Crippen LogP contribution in [0.5, 0.6) is 5.75 Å². The van der Waals surface area contributed by atoms with Gasteiger partial charge in [-0.05, 0) is 42.7 Å². The molecule has 3 N–H and O–H groups in total. The molecule has 0 heterocycles. The van der Waals surface area contributed by atoms with Gasteiger partial charge in [0, 0.05) is 29.3 Å². The Hall–Kier alpha value is -3.01. The van der Waals surface area contributed by atoms with Crippen molar-refractivity contribution < 1.29 is 34.0 Å². The van der Waals surface area contributed by atoms with Crippen molar-refractivity contribution in [3.05, 3.63) is 66.2 Å². The number of ether oxygens (including phenoxy) is 3. The van der Waals surface area contributed by atoms with Gasteiger partial charge in [-0.2, -0.15) is 0 Å². The lowest BCUT2D eigenvalue weighted by atomic mass is 10.0. The van der Waals surface area contributed by atoms with Crippen molar-refractivity contribution in [3.8, 4) is 5.75 Å². The molecule has 0 aromatic heterocycles. The highest BCUT2D eigenvalue weighted by atomic mass is 32.2. The smallest absolute Gasteiger partial charge is 0.412 e. The third-order valence-electron chi connectivity index (χ3n) is 4.14. The van der Waals surface area contributed by atoms with Gasteiger partial charge in [-0.3, -0.25) is 5.32 Å². The molecule has 0 saturated carbocycles. The van der Waals surface area contributed by atoms with Crippen LogP contribution in [0.4, 0.5) is 10.5 Å². The maximum atomic E-state index is 12.6. The Morgan fingerprint density at radius 2 is 1.87 bits per heavy atom. The fraction of sp³-hybridized carbons (Fsp3) is 0.273. The molecule has 2 aromatic carbocycles. The Morgan fingerprint density at radius 3 is 2.48 bits per heavy atom. The monoisotopic (exact) mass is 447 g/mol. The van der Waals surface area contributed by atoms with E-state index in [1.807, 2.05) is 18.4 Å². The van der Waals surface area contributed by atoms with E-state index in [9.17, 15) is 9.59 Å². The van der Waals surface area contributed by atoms with Crippen LogP contribution in [0.1, 0.15) is 11.7 Å². The Labute approximate surface area is 184 Å². The summed E-state index contributed by atoms with van der Waals surface area (Å²) in [6.07, 6.45) is 1.50. The highest BCUT2D eigenvalue weighted by Gasteiger charge is 2.28. The van der Waals surface area contributed by atoms with E-state index in [1.165, 1.54) is 13.2 Å². The first-order chi connectivity index (χ1) is 15.0. The molecule has 0 spiro atoms. The van der Waals surface area contributed by atoms with Gasteiger partial charge < -0.3 is 24.4 Å². The molecule has 2 aromatic rings. The first-order valence-corrected chi connectivity index (χ1v) is 10.6. The number of amides is 1. The normalized spacial score (nSPS) is 12.9. The molecule has 1 amide bonds. The number of carboxylic acid groups (broad SMARTS) is 1. The number of carboxylic acids is 1. The summed E-state index contributed by atoms with van der Waals surface area (Å²) in [6.45, 7) is -0.153. The molecule has 0 bridgehead atoms. The summed E-state index contributed by atoms with van der Waals surface area (Å²) in [5, 5.41) is 20.7. The molecule has 0 fully saturated rings. The second kappa shape index (κ2) is 12.6. The van der Waals surface area contributed by atoms with Gasteiger partial charge in [0.2, 0.25) is 0 Å². The van der Waals surface area contributed by atoms with Crippen LogP contribution in [0, 0.1) is 0 Å². The zero-order chi connectivity index (χ0) is 22.6. The molecule has 8 nitrogen and oxygen atoms in total. The molecule has 2 atom stereocenters. The second-order valence-electron chi connectivity index (χ2n) is 6.19. The van der Waals surface area contributed by atoms with E-state index in [2.05, 4.69) is 5.32 Å². The SMILES string of the molecule is CO[C@@H](/C=C/C(=O)O)[C@@H](OC(=O)Nc1ccc(SC)cc1)c1ccccc1OCCO. The van der Waals surface area contributed by atoms with Gasteiger partial charge in [-0.1, -0.05) is 18.2 Å². The summed E-state index contributed by atoms with van der Waals surface area (Å²) in [6, 6.07) is 14.0. The van der Waals surface area contributed by atoms with E-state index in [1.54, 1.807) is 48.2 Å². The lowest BCUT2D eigenvalue weighted by Crippen LogP contribution is -2.27. The molecule has 31 heavy (non-hydrogen) atoms. The van der Waals surface area contributed by atoms with Gasteiger partial charge in [0.05, 0.1) is 6.61 Å². The number of methoxy groups -OCH3 is 1. The van der Waals surface area contributed by atoms with Crippen molar-refractivity contribution in [2.75, 3.05) is 31.9 Å². The zero-order valence-electron chi connectivity index (χ0n) is 17.2. The molecule has 0 aliphatic carbocycles. The van der Waals surface area contributed by atoms with Crippen molar-refractivity contribution in [1.29, 1.82) is 0 Å². The molecule has 0 aliphatic rings. The van der Waals surface area contributed by atoms with Crippen LogP contribution >= 0.6 is 11.8 Å². The van der Waals surface area contributed by atoms with E-state index in [4.69, 9.17) is 24.4 Å². The van der Waals surface area contributed by atoms with Gasteiger partial charge in [0.15, 0.2) is 6.10 Å². The molecule has 0 saturated heterocycles. The zero-order valence-corrected chi connectivity index (χ0v) is 18.0. The molecular weight excluding hydrogens is 422 g/mol. The average Bonchev–Trinajstić information content (AvgIpc) is 2.77. The van der Waals surface area contributed by atoms with Crippen LogP contribution in [0.15, 0.2) is 65.6 Å². The minimum absolute atomic E-state index is 0.0420. The highest BCUT2D eigenvalue weighted by Crippen LogP contribution is 2.32. The van der Waals surface area contributed by atoms with E-state index in [0.29, 0.717) is 17.0 Å². The van der Waals surface area contributed by atoms with Crippen LogP contribution in [0.25, 0.3) is 0 Å². The van der Waals surface area contributed by atoms with Gasteiger partial charge in [0.1, 0.15) is 18.5 Å². The lowest BCUT2D eigenvalue weighted by molar-refractivity contribution is -0.131. The van der Waals surface area contributed by atoms with E-state index < -0.39 is 24.3 Å². The first-order valence-electron chi connectivity index (χ1n) is 9.36. The number of carbonyl (C=O) groups excluding carboxylic acids is 1. The van der Waals surface area contributed by atoms with E-state index >= 15 is 0 Å². The maximum absolute atomic E-state index is 12.6. The minimum atomic E-state index is -1.16. The molecule has 0 unspecified atom stereocenters. The lowest BCUT2D eigenvalue weighted by Gasteiger charge is -2.26. The summed E-state index contributed by atoms with van der Waals surface area (Å²) < 4.78 is 16.6. The van der Waals surface area contributed by atoms with Gasteiger partial charge in [0.25, 0.3) is 0 Å². The summed E-state index contributed by atoms with van der Waals surface area (Å²) in [4.78, 5) is 24.7. The fourth-order valence-corrected chi connectivity index (χ4v) is 3.14. The molecule has 2 rings (SSSR count). The van der Waals surface area contributed by atoms with Crippen LogP contribution in [-0.2, 0) is 14.3 Å². The number of anilines is 1. The molecule has 166 valence electrons. The van der Waals surface area contributed by atoms with Gasteiger partial charge >= 0.3 is 12.1 Å². The first kappa shape index (κ1) is 24.3. The van der Waals surface area contributed by atoms with Crippen molar-refractivity contribution in [3.63, 3.8) is 0 Å². The number of aliphatic hydroxyl groups is 1. The van der Waals surface area contributed by atoms with Crippen LogP contribution in [0.2, 0.25) is 0 Å². The van der Waals surface area contributed by atoms with Crippen LogP contribution in [0.3, 0.4) is 0 Å². The van der Waals surface area contributed by atoms with Crippen molar-refractivity contribution in [1.82, 2.24) is 0 Å². The van der Waals surface area contributed by atoms with Gasteiger partial charge in [-0.15, -0.1) is 11.8 Å². The Bertz CT molecular complexity index is 886. The Balaban J connectivity index is 2.30. The molecule has 0 aliphatic heterocycles. The largest absolute Gasteiger partial charge is 0.491 e. The number of thioether (sulfide) groups is 1. The number of hydrogen-bond donors (Lipinski definition) is 3. The number of aliphatic carboxylic acids is 1. The molecular formula is C22H25NO7S. The van der Waals surface area contributed by atoms with Crippen LogP contribution in [-0.4, -0.2) is 55.0 Å². The number of nitrogens with one attached hydrogen (secondary N) is 1. The minimum Gasteiger partial charge on any atom is -0.491 e. The predicted molar refractivity (Wildman–Crippen MR) is 118 cm³/mol. The third kappa shape index (κ3) is 7.63. The van der Waals surface area contributed by atoms with E-state index in [0.717, 1.165) is 11.0 Å². The third-order valence-corrected chi connectivity index (χ3v) is 4.89. The molecule has 9 heteroatoms. The van der Waals surface area contributed by atoms with E-state index in [-0.39, 0.29) is 13.2 Å². The van der Waals surface area contributed by atoms with Crippen molar-refractivity contribution in [2.24, 2.45) is 0 Å². The fourth-order valence-electron chi connectivity index (χ4n) is 2.73. The predicted octanol–water partition coefficient (Wildman–Crippen LogP) is 3.73. The number of rotatable bonds is 11. The quantitative estimate of drug-likeness (QED) is 0.353. The topological polar surface area (TPSA) is 114 Å². The number of hydrogen-bond acceptors (Lipinski definition) is 7. The van der Waals surface area contributed by atoms with Crippen molar-refractivity contribution >= 4 is 29.5 Å². The number of benzene rings is 2. The second-order valence-corrected chi connectivity index (χ2v) is 7.07. The standard InChI is InChI=1S/C22H25NO7S/c1-28-19(11-12-20(25)26)21(17-5-3-4-6-18(17)29-14-13-24)30-22(27)23-15-7-9-16(31-2)10-8-15/h3-12,19,21,24H,13-14H2,1-2H3,(H,23,27)(H,25,26)/b12-11+/t19-,21-/m0/s1. The van der Waals surface area contributed by atoms with Crippen molar-refractivity contribution in [2.45, 2.75) is 17.1 Å². The van der Waals surface area contributed by atoms with Crippen LogP contribution < -0.4 is 10.1 Å². The maximum Gasteiger partial charge on any atom is 0.412 e. The highest BCUT2D eigenvalue weighted by molar-refractivity contribution is 7.98. The summed E-state index contributed by atoms with van der Waals surface area (Å²) >= 11 is 1.58.